The average molecular weight is 230 g/mol. The molecule has 86 valence electrons. The number of aryl methyl sites for hydroxylation is 1. The van der Waals surface area contributed by atoms with Crippen molar-refractivity contribution in [3.05, 3.63) is 24.0 Å². The third-order valence-electron chi connectivity index (χ3n) is 1.91. The highest BCUT2D eigenvalue weighted by Gasteiger charge is 2.26. The van der Waals surface area contributed by atoms with E-state index in [-0.39, 0.29) is 5.82 Å². The molecule has 0 atom stereocenters. The van der Waals surface area contributed by atoms with Crippen LogP contribution in [0.1, 0.15) is 5.69 Å². The van der Waals surface area contributed by atoms with E-state index in [1.807, 2.05) is 0 Å². The third kappa shape index (κ3) is 2.41. The number of hydrogen-bond donors (Lipinski definition) is 1. The van der Waals surface area contributed by atoms with Gasteiger partial charge in [0.05, 0.1) is 11.9 Å². The Hall–Kier alpha value is -1.79. The Morgan fingerprint density at radius 3 is 2.81 bits per heavy atom. The van der Waals surface area contributed by atoms with E-state index in [0.29, 0.717) is 5.65 Å². The van der Waals surface area contributed by atoms with Gasteiger partial charge in [0, 0.05) is 0 Å². The Morgan fingerprint density at radius 2 is 2.12 bits per heavy atom. The van der Waals surface area contributed by atoms with Crippen molar-refractivity contribution in [1.82, 2.24) is 14.6 Å². The summed E-state index contributed by atoms with van der Waals surface area (Å²) in [6, 6.07) is 3.08. The Bertz CT molecular complexity index is 503. The van der Waals surface area contributed by atoms with Crippen LogP contribution in [0, 0.1) is 6.92 Å². The van der Waals surface area contributed by atoms with E-state index in [2.05, 4.69) is 15.4 Å². The van der Waals surface area contributed by atoms with Crippen LogP contribution >= 0.6 is 0 Å². The van der Waals surface area contributed by atoms with Crippen LogP contribution in [0.2, 0.25) is 0 Å². The molecule has 0 aromatic carbocycles. The number of fused-ring (bicyclic) bond motifs is 1. The first kappa shape index (κ1) is 10.7. The summed E-state index contributed by atoms with van der Waals surface area (Å²) in [5.41, 5.74) is 1.37. The maximum Gasteiger partial charge on any atom is 0.405 e. The molecule has 0 saturated heterocycles. The molecule has 4 nitrogen and oxygen atoms in total. The van der Waals surface area contributed by atoms with Gasteiger partial charge in [-0.3, -0.25) is 0 Å². The zero-order valence-corrected chi connectivity index (χ0v) is 8.41. The molecule has 0 fully saturated rings. The molecule has 2 heterocycles. The SMILES string of the molecule is Cc1cn2nc(NCC(F)(F)F)ccc2n1. The number of nitrogens with one attached hydrogen (secondary N) is 1. The number of imidazole rings is 1. The molecule has 0 radical (unpaired) electrons. The van der Waals surface area contributed by atoms with E-state index in [1.54, 1.807) is 19.2 Å². The lowest BCUT2D eigenvalue weighted by atomic mass is 10.5. The molecule has 2 aromatic rings. The van der Waals surface area contributed by atoms with Crippen LogP contribution in [0.25, 0.3) is 5.65 Å². The van der Waals surface area contributed by atoms with Gasteiger partial charge >= 0.3 is 6.18 Å². The third-order valence-corrected chi connectivity index (χ3v) is 1.91. The highest BCUT2D eigenvalue weighted by Crippen LogP contribution is 2.15. The number of halogens is 3. The van der Waals surface area contributed by atoms with Crippen molar-refractivity contribution < 1.29 is 13.2 Å². The monoisotopic (exact) mass is 230 g/mol. The minimum absolute atomic E-state index is 0.169. The zero-order valence-electron chi connectivity index (χ0n) is 8.41. The van der Waals surface area contributed by atoms with Crippen molar-refractivity contribution in [3.63, 3.8) is 0 Å². The number of hydrogen-bond acceptors (Lipinski definition) is 3. The van der Waals surface area contributed by atoms with Crippen molar-refractivity contribution in [2.45, 2.75) is 13.1 Å². The van der Waals surface area contributed by atoms with Crippen LogP contribution in [0.15, 0.2) is 18.3 Å². The molecule has 7 heteroatoms. The maximum absolute atomic E-state index is 11.9. The Labute approximate surface area is 89.1 Å². The summed E-state index contributed by atoms with van der Waals surface area (Å²) in [6.07, 6.45) is -2.60. The molecule has 0 aliphatic rings. The zero-order chi connectivity index (χ0) is 11.8. The Balaban J connectivity index is 2.19. The number of anilines is 1. The molecule has 0 aliphatic carbocycles. The van der Waals surface area contributed by atoms with Crippen molar-refractivity contribution in [2.24, 2.45) is 0 Å². The summed E-state index contributed by atoms with van der Waals surface area (Å²) < 4.78 is 37.3. The van der Waals surface area contributed by atoms with Gasteiger partial charge in [-0.25, -0.2) is 9.50 Å². The predicted octanol–water partition coefficient (Wildman–Crippen LogP) is 2.01. The molecule has 2 rings (SSSR count). The molecule has 0 aliphatic heterocycles. The molecule has 0 spiro atoms. The largest absolute Gasteiger partial charge is 0.405 e. The van der Waals surface area contributed by atoms with Gasteiger partial charge in [-0.2, -0.15) is 13.2 Å². The second-order valence-electron chi connectivity index (χ2n) is 3.37. The summed E-state index contributed by atoms with van der Waals surface area (Å²) >= 11 is 0. The van der Waals surface area contributed by atoms with E-state index in [1.165, 1.54) is 10.6 Å². The van der Waals surface area contributed by atoms with Gasteiger partial charge in [0.2, 0.25) is 0 Å². The first-order chi connectivity index (χ1) is 7.44. The van der Waals surface area contributed by atoms with Crippen LogP contribution in [-0.4, -0.2) is 27.3 Å². The van der Waals surface area contributed by atoms with Crippen molar-refractivity contribution in [3.8, 4) is 0 Å². The Kier molecular flexibility index (Phi) is 2.45. The van der Waals surface area contributed by atoms with Gasteiger partial charge in [0.25, 0.3) is 0 Å². The quantitative estimate of drug-likeness (QED) is 0.858. The molecule has 0 bridgehead atoms. The normalized spacial score (nSPS) is 12.0. The second kappa shape index (κ2) is 3.66. The summed E-state index contributed by atoms with van der Waals surface area (Å²) in [4.78, 5) is 4.11. The highest BCUT2D eigenvalue weighted by molar-refractivity contribution is 5.44. The number of nitrogens with zero attached hydrogens (tertiary/aromatic N) is 3. The summed E-state index contributed by atoms with van der Waals surface area (Å²) in [5.74, 6) is 0.169. The minimum Gasteiger partial charge on any atom is -0.360 e. The molecule has 0 saturated carbocycles. The molecule has 0 amide bonds. The fourth-order valence-electron chi connectivity index (χ4n) is 1.29. The van der Waals surface area contributed by atoms with Crippen molar-refractivity contribution >= 4 is 11.5 Å². The van der Waals surface area contributed by atoms with Gasteiger partial charge < -0.3 is 5.32 Å². The van der Waals surface area contributed by atoms with Crippen LogP contribution < -0.4 is 5.32 Å². The lowest BCUT2D eigenvalue weighted by molar-refractivity contribution is -0.115. The van der Waals surface area contributed by atoms with Crippen molar-refractivity contribution in [1.29, 1.82) is 0 Å². The summed E-state index contributed by atoms with van der Waals surface area (Å²) in [5, 5.41) is 6.14. The molecule has 1 N–H and O–H groups in total. The molecule has 2 aromatic heterocycles. The van der Waals surface area contributed by atoms with Gasteiger partial charge in [0.1, 0.15) is 12.4 Å². The lowest BCUT2D eigenvalue weighted by Crippen LogP contribution is -2.22. The van der Waals surface area contributed by atoms with Gasteiger partial charge in [-0.1, -0.05) is 0 Å². The average Bonchev–Trinajstić information content (AvgIpc) is 2.52. The van der Waals surface area contributed by atoms with Crippen LogP contribution in [0.5, 0.6) is 0 Å². The second-order valence-corrected chi connectivity index (χ2v) is 3.37. The van der Waals surface area contributed by atoms with E-state index >= 15 is 0 Å². The minimum atomic E-state index is -4.25. The van der Waals surface area contributed by atoms with Gasteiger partial charge in [0.15, 0.2) is 5.65 Å². The number of alkyl halides is 3. The molecular weight excluding hydrogens is 221 g/mol. The first-order valence-corrected chi connectivity index (χ1v) is 4.58. The van der Waals surface area contributed by atoms with Crippen LogP contribution in [-0.2, 0) is 0 Å². The smallest absolute Gasteiger partial charge is 0.360 e. The fraction of sp³-hybridized carbons (Fsp3) is 0.333. The van der Waals surface area contributed by atoms with Gasteiger partial charge in [-0.05, 0) is 19.1 Å². The van der Waals surface area contributed by atoms with Crippen molar-refractivity contribution in [2.75, 3.05) is 11.9 Å². The summed E-state index contributed by atoms with van der Waals surface area (Å²) in [6.45, 7) is 0.691. The van der Waals surface area contributed by atoms with Gasteiger partial charge in [-0.15, -0.1) is 5.10 Å². The highest BCUT2D eigenvalue weighted by atomic mass is 19.4. The number of aromatic nitrogens is 3. The molecule has 0 unspecified atom stereocenters. The molecule has 16 heavy (non-hydrogen) atoms. The fourth-order valence-corrected chi connectivity index (χ4v) is 1.29. The summed E-state index contributed by atoms with van der Waals surface area (Å²) in [7, 11) is 0. The van der Waals surface area contributed by atoms with Crippen LogP contribution in [0.4, 0.5) is 19.0 Å². The first-order valence-electron chi connectivity index (χ1n) is 4.58. The predicted molar refractivity (Wildman–Crippen MR) is 52.3 cm³/mol. The van der Waals surface area contributed by atoms with E-state index < -0.39 is 12.7 Å². The molecular formula is C9H9F3N4. The van der Waals surface area contributed by atoms with E-state index in [4.69, 9.17) is 0 Å². The van der Waals surface area contributed by atoms with E-state index in [0.717, 1.165) is 5.69 Å². The topological polar surface area (TPSA) is 42.2 Å². The number of rotatable bonds is 2. The maximum atomic E-state index is 11.9. The standard InChI is InChI=1S/C9H9F3N4/c1-6-4-16-8(14-6)3-2-7(15-16)13-5-9(10,11)12/h2-4H,5H2,1H3,(H,13,15). The Morgan fingerprint density at radius 1 is 1.38 bits per heavy atom. The lowest BCUT2D eigenvalue weighted by Gasteiger charge is -2.08. The van der Waals surface area contributed by atoms with E-state index in [9.17, 15) is 13.2 Å². The van der Waals surface area contributed by atoms with Crippen LogP contribution in [0.3, 0.4) is 0 Å².